The van der Waals surface area contributed by atoms with Crippen LogP contribution in [0.3, 0.4) is 0 Å². The van der Waals surface area contributed by atoms with Gasteiger partial charge in [-0.1, -0.05) is 39.0 Å². The Labute approximate surface area is 139 Å². The Hall–Kier alpha value is -0.970. The Morgan fingerprint density at radius 1 is 1.00 bits per heavy atom. The van der Waals surface area contributed by atoms with Gasteiger partial charge in [0, 0.05) is 12.9 Å². The number of esters is 1. The molecule has 1 unspecified atom stereocenters. The van der Waals surface area contributed by atoms with Crippen molar-refractivity contribution in [3.05, 3.63) is 0 Å². The molecule has 130 valence electrons. The molecule has 0 saturated heterocycles. The molecule has 0 aliphatic heterocycles. The minimum atomic E-state index is -0.649. The van der Waals surface area contributed by atoms with E-state index < -0.39 is 18.1 Å². The first-order chi connectivity index (χ1) is 10.5. The average Bonchev–Trinajstić information content (AvgIpc) is 2.52. The van der Waals surface area contributed by atoms with Gasteiger partial charge in [-0.05, 0) is 19.8 Å². The molecule has 0 fully saturated rings. The van der Waals surface area contributed by atoms with E-state index in [1.165, 1.54) is 37.6 Å². The molecule has 1 amide bonds. The lowest BCUT2D eigenvalue weighted by Gasteiger charge is -2.22. The Kier molecular flexibility index (Phi) is 13.1. The van der Waals surface area contributed by atoms with Crippen molar-refractivity contribution in [3.8, 4) is 0 Å². The monoisotopic (exact) mass is 335 g/mol. The number of carbonyl (C=O) groups is 2. The van der Waals surface area contributed by atoms with E-state index in [2.05, 4.69) is 6.92 Å². The van der Waals surface area contributed by atoms with Crippen molar-refractivity contribution in [1.29, 1.82) is 0 Å². The maximum absolute atomic E-state index is 11.9. The molecule has 0 rings (SSSR count). The van der Waals surface area contributed by atoms with Crippen molar-refractivity contribution < 1.29 is 19.1 Å². The molecule has 0 aromatic carbocycles. The van der Waals surface area contributed by atoms with Gasteiger partial charge in [-0.2, -0.15) is 0 Å². The molecule has 0 saturated carbocycles. The lowest BCUT2D eigenvalue weighted by molar-refractivity contribution is -0.148. The first-order valence-corrected chi connectivity index (χ1v) is 8.70. The minimum absolute atomic E-state index is 0.256. The summed E-state index contributed by atoms with van der Waals surface area (Å²) in [6.45, 7) is 4.48. The lowest BCUT2D eigenvalue weighted by atomic mass is 10.1. The van der Waals surface area contributed by atoms with E-state index in [9.17, 15) is 9.59 Å². The van der Waals surface area contributed by atoms with E-state index in [1.807, 2.05) is 0 Å². The van der Waals surface area contributed by atoms with Crippen molar-refractivity contribution in [1.82, 2.24) is 4.90 Å². The standard InChI is InChI=1S/C16H30ClNO4/c1-4-5-6-7-8-9-12-21-15(19)14(2)18(3)16(20)22-13-10-11-17/h14H,4-13H2,1-3H3. The first-order valence-electron chi connectivity index (χ1n) is 8.16. The van der Waals surface area contributed by atoms with Crippen LogP contribution in [0.25, 0.3) is 0 Å². The van der Waals surface area contributed by atoms with Crippen LogP contribution in [0.5, 0.6) is 0 Å². The average molecular weight is 336 g/mol. The third-order valence-electron chi connectivity index (χ3n) is 3.46. The topological polar surface area (TPSA) is 55.8 Å². The smallest absolute Gasteiger partial charge is 0.410 e. The summed E-state index contributed by atoms with van der Waals surface area (Å²) in [5.41, 5.74) is 0. The summed E-state index contributed by atoms with van der Waals surface area (Å²) in [4.78, 5) is 24.8. The van der Waals surface area contributed by atoms with E-state index in [0.717, 1.165) is 12.8 Å². The largest absolute Gasteiger partial charge is 0.464 e. The lowest BCUT2D eigenvalue weighted by Crippen LogP contribution is -2.41. The Balaban J connectivity index is 3.82. The van der Waals surface area contributed by atoms with Crippen LogP contribution < -0.4 is 0 Å². The van der Waals surface area contributed by atoms with Crippen molar-refractivity contribution in [2.75, 3.05) is 26.1 Å². The Morgan fingerprint density at radius 2 is 1.59 bits per heavy atom. The Bertz CT molecular complexity index is 313. The second-order valence-electron chi connectivity index (χ2n) is 5.38. The van der Waals surface area contributed by atoms with E-state index >= 15 is 0 Å². The quantitative estimate of drug-likeness (QED) is 0.307. The van der Waals surface area contributed by atoms with Crippen molar-refractivity contribution in [2.45, 2.75) is 64.8 Å². The first kappa shape index (κ1) is 21.0. The maximum atomic E-state index is 11.9. The van der Waals surface area contributed by atoms with Crippen LogP contribution in [0, 0.1) is 0 Å². The number of rotatable bonds is 12. The van der Waals surface area contributed by atoms with Gasteiger partial charge in [-0.25, -0.2) is 9.59 Å². The Morgan fingerprint density at radius 3 is 2.23 bits per heavy atom. The third kappa shape index (κ3) is 9.87. The van der Waals surface area contributed by atoms with Gasteiger partial charge in [0.2, 0.25) is 0 Å². The molecule has 0 radical (unpaired) electrons. The second-order valence-corrected chi connectivity index (χ2v) is 5.76. The molecule has 0 heterocycles. The third-order valence-corrected chi connectivity index (χ3v) is 3.72. The van der Waals surface area contributed by atoms with Crippen LogP contribution in [-0.4, -0.2) is 49.1 Å². The number of hydrogen-bond donors (Lipinski definition) is 0. The van der Waals surface area contributed by atoms with E-state index in [-0.39, 0.29) is 6.61 Å². The van der Waals surface area contributed by atoms with Gasteiger partial charge < -0.3 is 9.47 Å². The molecule has 0 aromatic rings. The normalized spacial score (nSPS) is 11.8. The summed E-state index contributed by atoms with van der Waals surface area (Å²) in [6, 6.07) is -0.649. The summed E-state index contributed by atoms with van der Waals surface area (Å²) in [7, 11) is 1.53. The number of amides is 1. The van der Waals surface area contributed by atoms with Crippen LogP contribution in [0.4, 0.5) is 4.79 Å². The van der Waals surface area contributed by atoms with Gasteiger partial charge in [0.25, 0.3) is 0 Å². The fourth-order valence-electron chi connectivity index (χ4n) is 1.81. The van der Waals surface area contributed by atoms with Crippen LogP contribution in [0.1, 0.15) is 58.8 Å². The molecule has 6 heteroatoms. The number of unbranched alkanes of at least 4 members (excludes halogenated alkanes) is 5. The molecule has 1 atom stereocenters. The maximum Gasteiger partial charge on any atom is 0.410 e. The van der Waals surface area contributed by atoms with Gasteiger partial charge in [0.1, 0.15) is 6.04 Å². The number of hydrogen-bond acceptors (Lipinski definition) is 4. The molecule has 0 spiro atoms. The van der Waals surface area contributed by atoms with Crippen LogP contribution in [0.15, 0.2) is 0 Å². The van der Waals surface area contributed by atoms with Crippen molar-refractivity contribution in [3.63, 3.8) is 0 Å². The molecule has 0 aliphatic rings. The van der Waals surface area contributed by atoms with E-state index in [0.29, 0.717) is 18.9 Å². The highest BCUT2D eigenvalue weighted by molar-refractivity contribution is 6.17. The molecular formula is C16H30ClNO4. The zero-order valence-corrected chi connectivity index (χ0v) is 14.9. The fourth-order valence-corrected chi connectivity index (χ4v) is 1.92. The number of likely N-dealkylation sites (N-methyl/N-ethyl adjacent to an activating group) is 1. The molecular weight excluding hydrogens is 306 g/mol. The second kappa shape index (κ2) is 13.7. The molecule has 22 heavy (non-hydrogen) atoms. The predicted octanol–water partition coefficient (Wildman–Crippen LogP) is 3.98. The molecule has 0 aliphatic carbocycles. The minimum Gasteiger partial charge on any atom is -0.464 e. The zero-order valence-electron chi connectivity index (χ0n) is 14.1. The highest BCUT2D eigenvalue weighted by Gasteiger charge is 2.24. The predicted molar refractivity (Wildman–Crippen MR) is 88.2 cm³/mol. The van der Waals surface area contributed by atoms with Gasteiger partial charge in [-0.15, -0.1) is 11.6 Å². The molecule has 0 bridgehead atoms. The summed E-state index contributed by atoms with van der Waals surface area (Å²) in [5.74, 6) is 0.0395. The number of halogens is 1. The fraction of sp³-hybridized carbons (Fsp3) is 0.875. The van der Waals surface area contributed by atoms with Gasteiger partial charge in [0.05, 0.1) is 13.2 Å². The van der Waals surface area contributed by atoms with Crippen LogP contribution in [-0.2, 0) is 14.3 Å². The van der Waals surface area contributed by atoms with Gasteiger partial charge >= 0.3 is 12.1 Å². The number of alkyl halides is 1. The number of ether oxygens (including phenoxy) is 2. The van der Waals surface area contributed by atoms with Crippen molar-refractivity contribution in [2.24, 2.45) is 0 Å². The van der Waals surface area contributed by atoms with Crippen LogP contribution >= 0.6 is 11.6 Å². The highest BCUT2D eigenvalue weighted by atomic mass is 35.5. The summed E-state index contributed by atoms with van der Waals surface area (Å²) in [5, 5.41) is 0. The van der Waals surface area contributed by atoms with Crippen LogP contribution in [0.2, 0.25) is 0 Å². The summed E-state index contributed by atoms with van der Waals surface area (Å²) >= 11 is 5.51. The SMILES string of the molecule is CCCCCCCCOC(=O)C(C)N(C)C(=O)OCCCCl. The van der Waals surface area contributed by atoms with Crippen molar-refractivity contribution >= 4 is 23.7 Å². The zero-order chi connectivity index (χ0) is 16.8. The van der Waals surface area contributed by atoms with Gasteiger partial charge in [0.15, 0.2) is 0 Å². The highest BCUT2D eigenvalue weighted by Crippen LogP contribution is 2.06. The number of carbonyl (C=O) groups excluding carboxylic acids is 2. The summed E-state index contributed by atoms with van der Waals surface area (Å²) in [6.07, 6.45) is 6.88. The van der Waals surface area contributed by atoms with Gasteiger partial charge in [-0.3, -0.25) is 4.90 Å². The molecule has 5 nitrogen and oxygen atoms in total. The van der Waals surface area contributed by atoms with E-state index in [1.54, 1.807) is 6.92 Å². The van der Waals surface area contributed by atoms with E-state index in [4.69, 9.17) is 21.1 Å². The molecule has 0 aromatic heterocycles. The summed E-state index contributed by atoms with van der Waals surface area (Å²) < 4.78 is 10.2. The number of nitrogens with zero attached hydrogens (tertiary/aromatic N) is 1. The molecule has 0 N–H and O–H groups in total.